The molecule has 0 unspecified atom stereocenters. The van der Waals surface area contributed by atoms with Crippen LogP contribution in [0.25, 0.3) is 0 Å². The van der Waals surface area contributed by atoms with Gasteiger partial charge in [-0.2, -0.15) is 8.78 Å². The summed E-state index contributed by atoms with van der Waals surface area (Å²) in [5.74, 6) is -4.70. The molecular formula is C10H9F2N3O4S. The number of nitrogens with zero attached hydrogens (tertiary/aromatic N) is 1. The predicted molar refractivity (Wildman–Crippen MR) is 64.1 cm³/mol. The van der Waals surface area contributed by atoms with Gasteiger partial charge in [-0.1, -0.05) is 0 Å². The van der Waals surface area contributed by atoms with Crippen molar-refractivity contribution in [1.82, 2.24) is 10.3 Å². The molecule has 0 spiro atoms. The molecule has 1 heterocycles. The van der Waals surface area contributed by atoms with Gasteiger partial charge in [-0.15, -0.1) is 0 Å². The highest BCUT2D eigenvalue weighted by molar-refractivity contribution is 7.99. The summed E-state index contributed by atoms with van der Waals surface area (Å²) >= 11 is 0.0783. The van der Waals surface area contributed by atoms with Gasteiger partial charge >= 0.3 is 12.0 Å². The van der Waals surface area contributed by atoms with Gasteiger partial charge in [0.2, 0.25) is 0 Å². The van der Waals surface area contributed by atoms with Gasteiger partial charge in [0.25, 0.3) is 11.7 Å². The number of primary amides is 1. The number of nitrogens with two attached hydrogens (primary N) is 1. The summed E-state index contributed by atoms with van der Waals surface area (Å²) in [6.45, 7) is -0.768. The first-order chi connectivity index (χ1) is 9.40. The molecule has 0 aliphatic rings. The number of amides is 3. The number of alkyl halides is 2. The van der Waals surface area contributed by atoms with Crippen LogP contribution >= 0.6 is 11.8 Å². The van der Waals surface area contributed by atoms with Crippen LogP contribution in [0, 0.1) is 0 Å². The quantitative estimate of drug-likeness (QED) is 0.613. The number of pyridine rings is 1. The van der Waals surface area contributed by atoms with Crippen molar-refractivity contribution < 1.29 is 27.9 Å². The van der Waals surface area contributed by atoms with Crippen molar-refractivity contribution in [2.24, 2.45) is 5.73 Å². The monoisotopic (exact) mass is 305 g/mol. The number of urea groups is 1. The fourth-order valence-electron chi connectivity index (χ4n) is 1.11. The van der Waals surface area contributed by atoms with E-state index in [1.165, 1.54) is 18.3 Å². The smallest absolute Gasteiger partial charge is 0.341 e. The van der Waals surface area contributed by atoms with Gasteiger partial charge in [-0.25, -0.2) is 14.6 Å². The Morgan fingerprint density at radius 1 is 1.45 bits per heavy atom. The van der Waals surface area contributed by atoms with E-state index in [-0.39, 0.29) is 22.4 Å². The van der Waals surface area contributed by atoms with E-state index in [1.54, 1.807) is 5.32 Å². The number of hydrogen-bond acceptors (Lipinski definition) is 6. The van der Waals surface area contributed by atoms with Gasteiger partial charge in [-0.05, 0) is 23.9 Å². The molecule has 7 nitrogen and oxygen atoms in total. The van der Waals surface area contributed by atoms with E-state index >= 15 is 0 Å². The fourth-order valence-corrected chi connectivity index (χ4v) is 1.68. The lowest BCUT2D eigenvalue weighted by Crippen LogP contribution is -2.37. The standard InChI is InChI=1S/C10H9F2N3O4S/c11-9(12)20-7-5(2-1-3-14-7)8(17)19-4-6(16)15-10(13)18/h1-3,9H,4H2,(H3,13,15,16,18). The molecule has 20 heavy (non-hydrogen) atoms. The fraction of sp³-hybridized carbons (Fsp3) is 0.200. The molecule has 3 amide bonds. The Balaban J connectivity index is 2.68. The minimum absolute atomic E-state index is 0.0783. The van der Waals surface area contributed by atoms with Crippen molar-refractivity contribution in [3.63, 3.8) is 0 Å². The summed E-state index contributed by atoms with van der Waals surface area (Å²) in [5.41, 5.74) is 4.48. The van der Waals surface area contributed by atoms with Crippen LogP contribution in [0.4, 0.5) is 13.6 Å². The van der Waals surface area contributed by atoms with Gasteiger partial charge in [0.1, 0.15) is 5.03 Å². The number of nitrogens with one attached hydrogen (secondary N) is 1. The second kappa shape index (κ2) is 7.38. The molecule has 0 saturated heterocycles. The number of ether oxygens (including phenoxy) is 1. The molecule has 1 aromatic rings. The number of esters is 1. The van der Waals surface area contributed by atoms with Crippen molar-refractivity contribution in [1.29, 1.82) is 0 Å². The number of imide groups is 1. The molecule has 1 rings (SSSR count). The Kier molecular flexibility index (Phi) is 5.84. The number of carbonyl (C=O) groups excluding carboxylic acids is 3. The van der Waals surface area contributed by atoms with E-state index in [1.807, 2.05) is 0 Å². The number of thioether (sulfide) groups is 1. The second-order valence-corrected chi connectivity index (χ2v) is 4.20. The predicted octanol–water partition coefficient (Wildman–Crippen LogP) is 0.748. The molecule has 10 heteroatoms. The summed E-state index contributed by atoms with van der Waals surface area (Å²) in [6.07, 6.45) is 1.24. The van der Waals surface area contributed by atoms with Crippen LogP contribution in [-0.2, 0) is 9.53 Å². The lowest BCUT2D eigenvalue weighted by molar-refractivity contribution is -0.123. The van der Waals surface area contributed by atoms with Gasteiger partial charge in [0.05, 0.1) is 5.56 Å². The Morgan fingerprint density at radius 2 is 2.15 bits per heavy atom. The number of rotatable bonds is 5. The minimum atomic E-state index is -2.75. The maximum Gasteiger partial charge on any atom is 0.341 e. The molecular weight excluding hydrogens is 296 g/mol. The molecule has 1 aromatic heterocycles. The van der Waals surface area contributed by atoms with Crippen LogP contribution in [0.15, 0.2) is 23.4 Å². The zero-order chi connectivity index (χ0) is 15.1. The van der Waals surface area contributed by atoms with E-state index < -0.39 is 30.3 Å². The van der Waals surface area contributed by atoms with Crippen molar-refractivity contribution in [2.75, 3.05) is 6.61 Å². The highest BCUT2D eigenvalue weighted by Crippen LogP contribution is 2.26. The molecule has 0 radical (unpaired) electrons. The van der Waals surface area contributed by atoms with Crippen molar-refractivity contribution in [3.8, 4) is 0 Å². The summed E-state index contributed by atoms with van der Waals surface area (Å²) < 4.78 is 29.1. The summed E-state index contributed by atoms with van der Waals surface area (Å²) in [6, 6.07) is 1.49. The summed E-state index contributed by atoms with van der Waals surface area (Å²) in [5, 5.41) is 1.46. The van der Waals surface area contributed by atoms with E-state index in [2.05, 4.69) is 15.5 Å². The van der Waals surface area contributed by atoms with E-state index in [9.17, 15) is 23.2 Å². The Bertz CT molecular complexity index is 527. The first kappa shape index (κ1) is 15.8. The largest absolute Gasteiger partial charge is 0.452 e. The van der Waals surface area contributed by atoms with Gasteiger partial charge in [-0.3, -0.25) is 10.1 Å². The van der Waals surface area contributed by atoms with Crippen LogP contribution in [-0.4, -0.2) is 35.3 Å². The first-order valence-electron chi connectivity index (χ1n) is 5.06. The SMILES string of the molecule is NC(=O)NC(=O)COC(=O)c1cccnc1SC(F)F. The Morgan fingerprint density at radius 3 is 2.75 bits per heavy atom. The first-order valence-corrected chi connectivity index (χ1v) is 5.94. The van der Waals surface area contributed by atoms with Crippen LogP contribution in [0.3, 0.4) is 0 Å². The minimum Gasteiger partial charge on any atom is -0.452 e. The van der Waals surface area contributed by atoms with Gasteiger partial charge < -0.3 is 10.5 Å². The van der Waals surface area contributed by atoms with Crippen molar-refractivity contribution >= 4 is 29.7 Å². The molecule has 3 N–H and O–H groups in total. The van der Waals surface area contributed by atoms with Gasteiger partial charge in [0, 0.05) is 6.20 Å². The molecule has 0 fully saturated rings. The summed E-state index contributed by atoms with van der Waals surface area (Å²) in [4.78, 5) is 36.6. The summed E-state index contributed by atoms with van der Waals surface area (Å²) in [7, 11) is 0. The highest BCUT2D eigenvalue weighted by Gasteiger charge is 2.18. The number of hydrogen-bond donors (Lipinski definition) is 2. The van der Waals surface area contributed by atoms with Gasteiger partial charge in [0.15, 0.2) is 6.61 Å². The molecule has 0 bridgehead atoms. The van der Waals surface area contributed by atoms with E-state index in [0.717, 1.165) is 0 Å². The van der Waals surface area contributed by atoms with E-state index in [4.69, 9.17) is 0 Å². The van der Waals surface area contributed by atoms with Crippen molar-refractivity contribution in [2.45, 2.75) is 10.8 Å². The van der Waals surface area contributed by atoms with Crippen LogP contribution < -0.4 is 11.1 Å². The molecule has 0 aliphatic heterocycles. The van der Waals surface area contributed by atoms with E-state index in [0.29, 0.717) is 0 Å². The maximum absolute atomic E-state index is 12.3. The Labute approximate surface area is 115 Å². The number of aromatic nitrogens is 1. The van der Waals surface area contributed by atoms with Crippen molar-refractivity contribution in [3.05, 3.63) is 23.9 Å². The van der Waals surface area contributed by atoms with Crippen LogP contribution in [0.2, 0.25) is 0 Å². The molecule has 0 aromatic carbocycles. The topological polar surface area (TPSA) is 111 Å². The zero-order valence-electron chi connectivity index (χ0n) is 9.84. The van der Waals surface area contributed by atoms with Crippen LogP contribution in [0.5, 0.6) is 0 Å². The third-order valence-corrected chi connectivity index (χ3v) is 2.52. The molecule has 0 atom stereocenters. The third-order valence-electron chi connectivity index (χ3n) is 1.79. The lowest BCUT2D eigenvalue weighted by Gasteiger charge is -2.07. The lowest BCUT2D eigenvalue weighted by atomic mass is 10.3. The number of carbonyl (C=O) groups is 3. The van der Waals surface area contributed by atoms with Crippen LogP contribution in [0.1, 0.15) is 10.4 Å². The molecule has 0 saturated carbocycles. The average Bonchev–Trinajstić information content (AvgIpc) is 2.35. The molecule has 108 valence electrons. The normalized spacial score (nSPS) is 10.2. The third kappa shape index (κ3) is 5.18. The zero-order valence-corrected chi connectivity index (χ0v) is 10.7. The maximum atomic E-state index is 12.3. The average molecular weight is 305 g/mol. The highest BCUT2D eigenvalue weighted by atomic mass is 32.2. The Hall–Kier alpha value is -2.23. The molecule has 0 aliphatic carbocycles. The second-order valence-electron chi connectivity index (χ2n) is 3.22. The number of halogens is 2.